The number of nitrogens with one attached hydrogen (secondary N) is 1. The summed E-state index contributed by atoms with van der Waals surface area (Å²) in [5.74, 6) is 3.23. The van der Waals surface area contributed by atoms with Crippen molar-refractivity contribution in [2.45, 2.75) is 39.0 Å². The number of hydrogen-bond acceptors (Lipinski definition) is 6. The van der Waals surface area contributed by atoms with Crippen LogP contribution in [0.25, 0.3) is 0 Å². The number of nitrogens with two attached hydrogens (primary N) is 1. The molecule has 0 saturated carbocycles. The van der Waals surface area contributed by atoms with Gasteiger partial charge in [0.15, 0.2) is 0 Å². The van der Waals surface area contributed by atoms with Crippen molar-refractivity contribution in [1.29, 1.82) is 0 Å². The first-order valence-electron chi connectivity index (χ1n) is 5.63. The zero-order chi connectivity index (χ0) is 13.1. The van der Waals surface area contributed by atoms with Crippen molar-refractivity contribution in [3.63, 3.8) is 0 Å². The fourth-order valence-electron chi connectivity index (χ4n) is 1.10. The Labute approximate surface area is 101 Å². The molecule has 0 aliphatic heterocycles. The summed E-state index contributed by atoms with van der Waals surface area (Å²) in [4.78, 5) is 30.6. The maximum Gasteiger partial charge on any atom is 0.352 e. The van der Waals surface area contributed by atoms with E-state index in [0.717, 1.165) is 25.7 Å². The highest BCUT2D eigenvalue weighted by atomic mass is 16.7. The van der Waals surface area contributed by atoms with Gasteiger partial charge in [0.05, 0.1) is 6.42 Å². The van der Waals surface area contributed by atoms with Crippen LogP contribution in [0.15, 0.2) is 12.2 Å². The molecule has 6 nitrogen and oxygen atoms in total. The third-order valence-corrected chi connectivity index (χ3v) is 2.08. The minimum atomic E-state index is -0.727. The molecule has 0 aromatic heterocycles. The summed E-state index contributed by atoms with van der Waals surface area (Å²) >= 11 is 0. The summed E-state index contributed by atoms with van der Waals surface area (Å²) in [6.07, 6.45) is 4.05. The summed E-state index contributed by atoms with van der Waals surface area (Å²) in [6, 6.07) is 0. The fourth-order valence-corrected chi connectivity index (χ4v) is 1.10. The Bertz CT molecular complexity index is 266. The van der Waals surface area contributed by atoms with Crippen LogP contribution < -0.4 is 11.4 Å². The molecule has 17 heavy (non-hydrogen) atoms. The Morgan fingerprint density at radius 1 is 1.29 bits per heavy atom. The quantitative estimate of drug-likeness (QED) is 0.357. The molecule has 98 valence electrons. The van der Waals surface area contributed by atoms with Crippen LogP contribution in [0.1, 0.15) is 39.0 Å². The van der Waals surface area contributed by atoms with Crippen molar-refractivity contribution in [3.05, 3.63) is 12.2 Å². The van der Waals surface area contributed by atoms with Gasteiger partial charge in [-0.25, -0.2) is 4.79 Å². The van der Waals surface area contributed by atoms with E-state index >= 15 is 0 Å². The minimum absolute atomic E-state index is 0.00140. The van der Waals surface area contributed by atoms with Crippen LogP contribution in [0.5, 0.6) is 0 Å². The van der Waals surface area contributed by atoms with Gasteiger partial charge in [0.1, 0.15) is 0 Å². The third-order valence-electron chi connectivity index (χ3n) is 2.08. The van der Waals surface area contributed by atoms with E-state index in [9.17, 15) is 9.59 Å². The Balaban J connectivity index is 3.58. The lowest BCUT2D eigenvalue weighted by Crippen LogP contribution is -2.23. The number of rotatable bonds is 9. The number of carbonyl (C=O) groups is 2. The van der Waals surface area contributed by atoms with Crippen molar-refractivity contribution in [2.75, 3.05) is 6.54 Å². The van der Waals surface area contributed by atoms with Crippen molar-refractivity contribution in [3.8, 4) is 0 Å². The van der Waals surface area contributed by atoms with Crippen molar-refractivity contribution < 1.29 is 19.3 Å². The SMILES string of the molecule is C=C(CC(=O)ON)C(=O)ONCCCCCC. The van der Waals surface area contributed by atoms with E-state index in [1.165, 1.54) is 0 Å². The van der Waals surface area contributed by atoms with Crippen LogP contribution in [0.4, 0.5) is 0 Å². The topological polar surface area (TPSA) is 90.7 Å². The standard InChI is InChI=1S/C11H20N2O4/c1-3-4-5-6-7-13-17-11(15)9(2)8-10(14)16-12/h13H,2-8,12H2,1H3. The van der Waals surface area contributed by atoms with E-state index in [1.807, 2.05) is 0 Å². The van der Waals surface area contributed by atoms with Gasteiger partial charge in [0.2, 0.25) is 0 Å². The van der Waals surface area contributed by atoms with Crippen LogP contribution >= 0.6 is 0 Å². The second-order valence-corrected chi connectivity index (χ2v) is 3.61. The Morgan fingerprint density at radius 2 is 2.00 bits per heavy atom. The van der Waals surface area contributed by atoms with Gasteiger partial charge in [-0.05, 0) is 6.42 Å². The van der Waals surface area contributed by atoms with E-state index in [-0.39, 0.29) is 12.0 Å². The fraction of sp³-hybridized carbons (Fsp3) is 0.636. The van der Waals surface area contributed by atoms with Crippen LogP contribution in [0, 0.1) is 0 Å². The number of carbonyl (C=O) groups excluding carboxylic acids is 2. The Kier molecular flexibility index (Phi) is 8.99. The van der Waals surface area contributed by atoms with Crippen molar-refractivity contribution >= 4 is 11.9 Å². The molecule has 0 aliphatic carbocycles. The van der Waals surface area contributed by atoms with Crippen LogP contribution in [-0.2, 0) is 19.3 Å². The molecule has 0 aromatic carbocycles. The monoisotopic (exact) mass is 244 g/mol. The molecule has 0 unspecified atom stereocenters. The van der Waals surface area contributed by atoms with E-state index in [2.05, 4.69) is 29.7 Å². The first-order chi connectivity index (χ1) is 8.11. The summed E-state index contributed by atoms with van der Waals surface area (Å²) in [5, 5.41) is 0. The van der Waals surface area contributed by atoms with E-state index in [4.69, 9.17) is 4.84 Å². The molecule has 0 fully saturated rings. The van der Waals surface area contributed by atoms with E-state index in [0.29, 0.717) is 6.54 Å². The smallest absolute Gasteiger partial charge is 0.352 e. The molecule has 6 heteroatoms. The Morgan fingerprint density at radius 3 is 2.59 bits per heavy atom. The molecular weight excluding hydrogens is 224 g/mol. The number of hydrogen-bond donors (Lipinski definition) is 2. The van der Waals surface area contributed by atoms with E-state index < -0.39 is 11.9 Å². The molecule has 0 radical (unpaired) electrons. The predicted molar refractivity (Wildman–Crippen MR) is 62.3 cm³/mol. The maximum atomic E-state index is 11.3. The van der Waals surface area contributed by atoms with Gasteiger partial charge in [0.25, 0.3) is 0 Å². The van der Waals surface area contributed by atoms with Gasteiger partial charge in [-0.3, -0.25) is 4.79 Å². The van der Waals surface area contributed by atoms with Crippen LogP contribution in [-0.4, -0.2) is 18.5 Å². The molecule has 0 bridgehead atoms. The molecule has 0 rings (SSSR count). The lowest BCUT2D eigenvalue weighted by Gasteiger charge is -2.06. The Hall–Kier alpha value is -1.40. The normalized spacial score (nSPS) is 9.76. The summed E-state index contributed by atoms with van der Waals surface area (Å²) < 4.78 is 0. The molecule has 0 atom stereocenters. The lowest BCUT2D eigenvalue weighted by molar-refractivity contribution is -0.150. The molecule has 0 spiro atoms. The molecular formula is C11H20N2O4. The zero-order valence-corrected chi connectivity index (χ0v) is 10.2. The summed E-state index contributed by atoms with van der Waals surface area (Å²) in [5.41, 5.74) is 2.52. The first kappa shape index (κ1) is 15.6. The van der Waals surface area contributed by atoms with Crippen molar-refractivity contribution in [1.82, 2.24) is 5.48 Å². The van der Waals surface area contributed by atoms with Gasteiger partial charge in [-0.2, -0.15) is 11.4 Å². The lowest BCUT2D eigenvalue weighted by atomic mass is 10.2. The molecule has 0 amide bonds. The highest BCUT2D eigenvalue weighted by molar-refractivity contribution is 5.92. The molecule has 0 aromatic rings. The highest BCUT2D eigenvalue weighted by Gasteiger charge is 2.13. The number of unbranched alkanes of at least 4 members (excludes halogenated alkanes) is 3. The largest absolute Gasteiger partial charge is 0.373 e. The maximum absolute atomic E-state index is 11.3. The predicted octanol–water partition coefficient (Wildman–Crippen LogP) is 0.978. The van der Waals surface area contributed by atoms with Crippen molar-refractivity contribution in [2.24, 2.45) is 5.90 Å². The van der Waals surface area contributed by atoms with Crippen LogP contribution in [0.2, 0.25) is 0 Å². The second kappa shape index (κ2) is 9.80. The van der Waals surface area contributed by atoms with Crippen LogP contribution in [0.3, 0.4) is 0 Å². The minimum Gasteiger partial charge on any atom is -0.373 e. The molecule has 0 saturated heterocycles. The van der Waals surface area contributed by atoms with Gasteiger partial charge in [-0.15, -0.1) is 0 Å². The first-order valence-corrected chi connectivity index (χ1v) is 5.63. The molecule has 0 aliphatic rings. The summed E-state index contributed by atoms with van der Waals surface area (Å²) in [7, 11) is 0. The van der Waals surface area contributed by atoms with E-state index in [1.54, 1.807) is 0 Å². The average molecular weight is 244 g/mol. The molecule has 3 N–H and O–H groups in total. The zero-order valence-electron chi connectivity index (χ0n) is 10.2. The van der Waals surface area contributed by atoms with Gasteiger partial charge in [-0.1, -0.05) is 32.8 Å². The van der Waals surface area contributed by atoms with Gasteiger partial charge >= 0.3 is 11.9 Å². The molecule has 0 heterocycles. The van der Waals surface area contributed by atoms with Gasteiger partial charge < -0.3 is 9.68 Å². The number of hydroxylamine groups is 1. The van der Waals surface area contributed by atoms with Gasteiger partial charge in [0, 0.05) is 12.1 Å². The highest BCUT2D eigenvalue weighted by Crippen LogP contribution is 2.01. The second-order valence-electron chi connectivity index (χ2n) is 3.61. The summed E-state index contributed by atoms with van der Waals surface area (Å²) in [6.45, 7) is 6.10. The third kappa shape index (κ3) is 8.41. The average Bonchev–Trinajstić information content (AvgIpc) is 2.32.